The van der Waals surface area contributed by atoms with Crippen LogP contribution in [-0.4, -0.2) is 52.5 Å². The third-order valence-electron chi connectivity index (χ3n) is 5.65. The van der Waals surface area contributed by atoms with Gasteiger partial charge >= 0.3 is 0 Å². The quantitative estimate of drug-likeness (QED) is 0.770. The molecule has 1 aromatic carbocycles. The maximum Gasteiger partial charge on any atom is 0.239 e. The van der Waals surface area contributed by atoms with E-state index in [2.05, 4.69) is 22.8 Å². The fourth-order valence-electron chi connectivity index (χ4n) is 4.08. The van der Waals surface area contributed by atoms with Crippen LogP contribution in [0.15, 0.2) is 18.2 Å². The molecule has 1 amide bonds. The van der Waals surface area contributed by atoms with Crippen molar-refractivity contribution in [2.45, 2.75) is 43.6 Å². The first-order valence-corrected chi connectivity index (χ1v) is 9.50. The first-order valence-electron chi connectivity index (χ1n) is 9.50. The summed E-state index contributed by atoms with van der Waals surface area (Å²) in [6.07, 6.45) is 5.74. The van der Waals surface area contributed by atoms with Crippen LogP contribution < -0.4 is 20.1 Å². The first-order chi connectivity index (χ1) is 12.7. The van der Waals surface area contributed by atoms with Crippen LogP contribution >= 0.6 is 12.4 Å². The molecule has 1 aromatic rings. The number of hydrogen-bond donors (Lipinski definition) is 2. The van der Waals surface area contributed by atoms with E-state index in [0.29, 0.717) is 19.8 Å². The molecule has 2 aliphatic rings. The molecule has 27 heavy (non-hydrogen) atoms. The summed E-state index contributed by atoms with van der Waals surface area (Å²) in [4.78, 5) is 12.5. The lowest BCUT2D eigenvalue weighted by Crippen LogP contribution is -2.53. The molecule has 1 unspecified atom stereocenters. The van der Waals surface area contributed by atoms with Crippen molar-refractivity contribution in [1.82, 2.24) is 10.6 Å². The minimum Gasteiger partial charge on any atom is -0.493 e. The zero-order chi connectivity index (χ0) is 18.4. The molecule has 7 heteroatoms. The molecule has 152 valence electrons. The number of ether oxygens (including phenoxy) is 3. The Bertz CT molecular complexity index is 614. The molecule has 0 bridgehead atoms. The van der Waals surface area contributed by atoms with Gasteiger partial charge in [-0.2, -0.15) is 0 Å². The number of amides is 1. The third kappa shape index (κ3) is 5.06. The molecule has 1 saturated heterocycles. The number of hydrogen-bond acceptors (Lipinski definition) is 5. The second-order valence-corrected chi connectivity index (χ2v) is 7.21. The number of morpholine rings is 1. The van der Waals surface area contributed by atoms with Gasteiger partial charge in [-0.1, -0.05) is 25.3 Å². The van der Waals surface area contributed by atoms with Crippen LogP contribution in [0.1, 0.15) is 37.7 Å². The van der Waals surface area contributed by atoms with Crippen molar-refractivity contribution in [3.63, 3.8) is 0 Å². The van der Waals surface area contributed by atoms with Crippen LogP contribution in [0.5, 0.6) is 11.5 Å². The summed E-state index contributed by atoms with van der Waals surface area (Å²) in [6, 6.07) is 5.89. The van der Waals surface area contributed by atoms with Gasteiger partial charge in [0, 0.05) is 18.5 Å². The van der Waals surface area contributed by atoms with Gasteiger partial charge in [0.15, 0.2) is 11.5 Å². The van der Waals surface area contributed by atoms with E-state index in [1.54, 1.807) is 14.2 Å². The van der Waals surface area contributed by atoms with Crippen molar-refractivity contribution in [3.05, 3.63) is 23.8 Å². The predicted octanol–water partition coefficient (Wildman–Crippen LogP) is 2.43. The summed E-state index contributed by atoms with van der Waals surface area (Å²) in [6.45, 7) is 2.47. The SMILES string of the molecule is COc1ccc(C2(CNC(=O)C3COCCN3)CCCCC2)cc1OC.Cl. The summed E-state index contributed by atoms with van der Waals surface area (Å²) < 4.78 is 16.3. The third-order valence-corrected chi connectivity index (χ3v) is 5.65. The van der Waals surface area contributed by atoms with E-state index in [1.807, 2.05) is 6.07 Å². The summed E-state index contributed by atoms with van der Waals surface area (Å²) in [5, 5.41) is 6.39. The fraction of sp³-hybridized carbons (Fsp3) is 0.650. The molecule has 1 atom stereocenters. The van der Waals surface area contributed by atoms with Gasteiger partial charge in [0.25, 0.3) is 0 Å². The summed E-state index contributed by atoms with van der Waals surface area (Å²) in [5.74, 6) is 1.49. The van der Waals surface area contributed by atoms with Crippen LogP contribution in [-0.2, 0) is 14.9 Å². The molecule has 2 fully saturated rings. The van der Waals surface area contributed by atoms with E-state index in [9.17, 15) is 4.79 Å². The molecule has 0 radical (unpaired) electrons. The average Bonchev–Trinajstić information content (AvgIpc) is 2.72. The highest BCUT2D eigenvalue weighted by molar-refractivity contribution is 5.85. The van der Waals surface area contributed by atoms with Crippen molar-refractivity contribution in [3.8, 4) is 11.5 Å². The van der Waals surface area contributed by atoms with Crippen LogP contribution in [0, 0.1) is 0 Å². The second-order valence-electron chi connectivity index (χ2n) is 7.21. The lowest BCUT2D eigenvalue weighted by molar-refractivity contribution is -0.126. The van der Waals surface area contributed by atoms with Gasteiger partial charge in [-0.05, 0) is 30.5 Å². The van der Waals surface area contributed by atoms with Gasteiger partial charge in [0.2, 0.25) is 5.91 Å². The molecule has 1 aliphatic carbocycles. The lowest BCUT2D eigenvalue weighted by atomic mass is 9.69. The number of carbonyl (C=O) groups is 1. The molecular weight excluding hydrogens is 368 g/mol. The summed E-state index contributed by atoms with van der Waals surface area (Å²) in [5.41, 5.74) is 1.16. The Balaban J connectivity index is 0.00000261. The standard InChI is InChI=1S/C20H30N2O4.ClH/c1-24-17-7-6-15(12-18(17)25-2)20(8-4-3-5-9-20)14-22-19(23)16-13-26-11-10-21-16;/h6-7,12,16,21H,3-5,8-11,13-14H2,1-2H3,(H,22,23);1H. The smallest absolute Gasteiger partial charge is 0.239 e. The maximum absolute atomic E-state index is 12.5. The molecule has 1 heterocycles. The number of carbonyl (C=O) groups excluding carboxylic acids is 1. The van der Waals surface area contributed by atoms with Gasteiger partial charge in [-0.3, -0.25) is 4.79 Å². The normalized spacial score (nSPS) is 21.6. The molecule has 0 spiro atoms. The fourth-order valence-corrected chi connectivity index (χ4v) is 4.08. The maximum atomic E-state index is 12.5. The first kappa shape index (κ1) is 21.8. The molecule has 1 saturated carbocycles. The highest BCUT2D eigenvalue weighted by Gasteiger charge is 2.35. The van der Waals surface area contributed by atoms with E-state index in [-0.39, 0.29) is 29.8 Å². The Morgan fingerprint density at radius 3 is 2.59 bits per heavy atom. The van der Waals surface area contributed by atoms with Gasteiger partial charge in [-0.25, -0.2) is 0 Å². The van der Waals surface area contributed by atoms with E-state index >= 15 is 0 Å². The van der Waals surface area contributed by atoms with Crippen LogP contribution in [0.3, 0.4) is 0 Å². The van der Waals surface area contributed by atoms with Gasteiger partial charge < -0.3 is 24.8 Å². The molecule has 0 aromatic heterocycles. The lowest BCUT2D eigenvalue weighted by Gasteiger charge is -2.39. The molecule has 3 rings (SSSR count). The van der Waals surface area contributed by atoms with Crippen LogP contribution in [0.25, 0.3) is 0 Å². The zero-order valence-electron chi connectivity index (χ0n) is 16.2. The van der Waals surface area contributed by atoms with Crippen molar-refractivity contribution >= 4 is 18.3 Å². The Morgan fingerprint density at radius 1 is 1.22 bits per heavy atom. The van der Waals surface area contributed by atoms with Crippen molar-refractivity contribution in [2.75, 3.05) is 40.5 Å². The number of benzene rings is 1. The van der Waals surface area contributed by atoms with Crippen LogP contribution in [0.2, 0.25) is 0 Å². The monoisotopic (exact) mass is 398 g/mol. The molecule has 2 N–H and O–H groups in total. The van der Waals surface area contributed by atoms with E-state index in [4.69, 9.17) is 14.2 Å². The number of rotatable bonds is 6. The Labute approximate surface area is 167 Å². The Kier molecular flexibility index (Phi) is 8.20. The van der Waals surface area contributed by atoms with Gasteiger partial charge in [0.05, 0.1) is 27.4 Å². The average molecular weight is 399 g/mol. The Hall–Kier alpha value is -1.50. The number of methoxy groups -OCH3 is 2. The molecule has 6 nitrogen and oxygen atoms in total. The van der Waals surface area contributed by atoms with Crippen LogP contribution in [0.4, 0.5) is 0 Å². The summed E-state index contributed by atoms with van der Waals surface area (Å²) in [7, 11) is 3.30. The second kappa shape index (κ2) is 10.2. The van der Waals surface area contributed by atoms with Crippen molar-refractivity contribution < 1.29 is 19.0 Å². The zero-order valence-corrected chi connectivity index (χ0v) is 17.0. The highest BCUT2D eigenvalue weighted by Crippen LogP contribution is 2.42. The molecule has 1 aliphatic heterocycles. The van der Waals surface area contributed by atoms with E-state index in [0.717, 1.165) is 30.9 Å². The van der Waals surface area contributed by atoms with Crippen molar-refractivity contribution in [2.24, 2.45) is 0 Å². The minimum atomic E-state index is -0.255. The largest absolute Gasteiger partial charge is 0.493 e. The van der Waals surface area contributed by atoms with Gasteiger partial charge in [-0.15, -0.1) is 12.4 Å². The number of nitrogens with one attached hydrogen (secondary N) is 2. The van der Waals surface area contributed by atoms with E-state index in [1.165, 1.54) is 24.8 Å². The topological polar surface area (TPSA) is 68.8 Å². The predicted molar refractivity (Wildman–Crippen MR) is 107 cm³/mol. The Morgan fingerprint density at radius 2 is 1.96 bits per heavy atom. The minimum absolute atomic E-state index is 0. The van der Waals surface area contributed by atoms with Gasteiger partial charge in [0.1, 0.15) is 6.04 Å². The van der Waals surface area contributed by atoms with Crippen molar-refractivity contribution in [1.29, 1.82) is 0 Å². The molecular formula is C20H31ClN2O4. The number of halogens is 1. The highest BCUT2D eigenvalue weighted by atomic mass is 35.5. The summed E-state index contributed by atoms with van der Waals surface area (Å²) >= 11 is 0. The van der Waals surface area contributed by atoms with E-state index < -0.39 is 0 Å².